The van der Waals surface area contributed by atoms with Gasteiger partial charge in [0.05, 0.1) is 29.5 Å². The Kier molecular flexibility index (Phi) is 7.59. The van der Waals surface area contributed by atoms with Crippen molar-refractivity contribution in [1.29, 1.82) is 0 Å². The van der Waals surface area contributed by atoms with Crippen LogP contribution in [0, 0.1) is 0 Å². The number of nitrogens with zero attached hydrogens (tertiary/aromatic N) is 3. The topological polar surface area (TPSA) is 72.0 Å². The highest BCUT2D eigenvalue weighted by Crippen LogP contribution is 2.32. The normalized spacial score (nSPS) is 11.0. The first-order valence-electron chi connectivity index (χ1n) is 10.1. The standard InChI is InChI=1S/C23H27N3O4S/c1-5-30-18-11-12-19-20(15-18)31-23(24-19)26(14-6-13-25(2)3)21(27)16-7-9-17(10-8-16)22(28)29-4/h7-12,15H,5-6,13-14H2,1-4H3. The smallest absolute Gasteiger partial charge is 0.337 e. The van der Waals surface area contributed by atoms with Gasteiger partial charge < -0.3 is 14.4 Å². The molecule has 0 saturated heterocycles. The monoisotopic (exact) mass is 441 g/mol. The second-order valence-electron chi connectivity index (χ2n) is 7.24. The highest BCUT2D eigenvalue weighted by molar-refractivity contribution is 7.22. The zero-order valence-electron chi connectivity index (χ0n) is 18.3. The van der Waals surface area contributed by atoms with Crippen molar-refractivity contribution < 1.29 is 19.1 Å². The highest BCUT2D eigenvalue weighted by Gasteiger charge is 2.22. The second kappa shape index (κ2) is 10.4. The Bertz CT molecular complexity index is 1050. The summed E-state index contributed by atoms with van der Waals surface area (Å²) in [5.74, 6) is 0.200. The molecule has 0 aliphatic carbocycles. The number of fused-ring (bicyclic) bond motifs is 1. The number of hydrogen-bond acceptors (Lipinski definition) is 7. The molecule has 0 N–H and O–H groups in total. The summed E-state index contributed by atoms with van der Waals surface area (Å²) < 4.78 is 11.3. The largest absolute Gasteiger partial charge is 0.494 e. The van der Waals surface area contributed by atoms with Crippen LogP contribution in [0.3, 0.4) is 0 Å². The molecule has 1 heterocycles. The first-order valence-corrected chi connectivity index (χ1v) is 10.9. The molecule has 0 radical (unpaired) electrons. The molecular weight excluding hydrogens is 414 g/mol. The maximum atomic E-state index is 13.4. The SMILES string of the molecule is CCOc1ccc2nc(N(CCCN(C)C)C(=O)c3ccc(C(=O)OC)cc3)sc2c1. The number of hydrogen-bond donors (Lipinski definition) is 0. The van der Waals surface area contributed by atoms with Crippen LogP contribution < -0.4 is 9.64 Å². The molecule has 0 saturated carbocycles. The summed E-state index contributed by atoms with van der Waals surface area (Å²) in [5, 5.41) is 0.643. The molecule has 0 unspecified atom stereocenters. The van der Waals surface area contributed by atoms with Crippen molar-refractivity contribution in [3.8, 4) is 5.75 Å². The number of carbonyl (C=O) groups is 2. The molecule has 0 fully saturated rings. The summed E-state index contributed by atoms with van der Waals surface area (Å²) in [6.07, 6.45) is 0.805. The number of amides is 1. The Balaban J connectivity index is 1.90. The fraction of sp³-hybridized carbons (Fsp3) is 0.348. The Morgan fingerprint density at radius 3 is 2.39 bits per heavy atom. The number of esters is 1. The fourth-order valence-electron chi connectivity index (χ4n) is 3.12. The first kappa shape index (κ1) is 22.7. The molecule has 3 rings (SSSR count). The predicted molar refractivity (Wildman–Crippen MR) is 123 cm³/mol. The van der Waals surface area contributed by atoms with E-state index >= 15 is 0 Å². The second-order valence-corrected chi connectivity index (χ2v) is 8.25. The van der Waals surface area contributed by atoms with Crippen molar-refractivity contribution in [2.75, 3.05) is 45.8 Å². The summed E-state index contributed by atoms with van der Waals surface area (Å²) in [6, 6.07) is 12.2. The summed E-state index contributed by atoms with van der Waals surface area (Å²) in [7, 11) is 5.34. The van der Waals surface area contributed by atoms with Crippen molar-refractivity contribution in [3.05, 3.63) is 53.6 Å². The van der Waals surface area contributed by atoms with Gasteiger partial charge in [0, 0.05) is 12.1 Å². The number of rotatable bonds is 9. The van der Waals surface area contributed by atoms with Gasteiger partial charge in [-0.05, 0) is 76.4 Å². The molecule has 0 spiro atoms. The zero-order chi connectivity index (χ0) is 22.4. The molecule has 31 heavy (non-hydrogen) atoms. The molecule has 2 aromatic carbocycles. The quantitative estimate of drug-likeness (QED) is 0.466. The summed E-state index contributed by atoms with van der Waals surface area (Å²) in [5.41, 5.74) is 1.73. The lowest BCUT2D eigenvalue weighted by atomic mass is 10.1. The lowest BCUT2D eigenvalue weighted by Crippen LogP contribution is -2.33. The van der Waals surface area contributed by atoms with Gasteiger partial charge in [0.15, 0.2) is 5.13 Å². The Morgan fingerprint density at radius 2 is 1.74 bits per heavy atom. The molecule has 8 heteroatoms. The van der Waals surface area contributed by atoms with Crippen LogP contribution in [-0.4, -0.2) is 62.7 Å². The predicted octanol–water partition coefficient (Wildman–Crippen LogP) is 4.08. The number of benzene rings is 2. The number of anilines is 1. The molecule has 0 aliphatic heterocycles. The Labute approximate surface area is 186 Å². The summed E-state index contributed by atoms with van der Waals surface area (Å²) in [4.78, 5) is 33.5. The maximum Gasteiger partial charge on any atom is 0.337 e. The third-order valence-electron chi connectivity index (χ3n) is 4.68. The van der Waals surface area contributed by atoms with Crippen LogP contribution in [0.5, 0.6) is 5.75 Å². The van der Waals surface area contributed by atoms with Gasteiger partial charge in [-0.25, -0.2) is 9.78 Å². The van der Waals surface area contributed by atoms with Crippen LogP contribution in [0.1, 0.15) is 34.1 Å². The van der Waals surface area contributed by atoms with Gasteiger partial charge in [0.2, 0.25) is 0 Å². The van der Waals surface area contributed by atoms with Crippen molar-refractivity contribution in [1.82, 2.24) is 9.88 Å². The molecule has 7 nitrogen and oxygen atoms in total. The van der Waals surface area contributed by atoms with Crippen LogP contribution in [0.2, 0.25) is 0 Å². The van der Waals surface area contributed by atoms with Crippen LogP contribution in [0.25, 0.3) is 10.2 Å². The summed E-state index contributed by atoms with van der Waals surface area (Å²) in [6.45, 7) is 3.92. The van der Waals surface area contributed by atoms with Gasteiger partial charge in [0.25, 0.3) is 5.91 Å². The van der Waals surface area contributed by atoms with Gasteiger partial charge in [-0.15, -0.1) is 0 Å². The van der Waals surface area contributed by atoms with Gasteiger partial charge in [0.1, 0.15) is 5.75 Å². The minimum Gasteiger partial charge on any atom is -0.494 e. The van der Waals surface area contributed by atoms with Gasteiger partial charge >= 0.3 is 5.97 Å². The van der Waals surface area contributed by atoms with E-state index in [2.05, 4.69) is 4.90 Å². The zero-order valence-corrected chi connectivity index (χ0v) is 19.1. The molecule has 3 aromatic rings. The fourth-order valence-corrected chi connectivity index (χ4v) is 4.13. The van der Waals surface area contributed by atoms with E-state index in [0.29, 0.717) is 29.4 Å². The van der Waals surface area contributed by atoms with E-state index in [0.717, 1.165) is 28.9 Å². The van der Waals surface area contributed by atoms with Crippen LogP contribution in [0.4, 0.5) is 5.13 Å². The number of methoxy groups -OCH3 is 1. The molecule has 0 aliphatic rings. The molecule has 1 aromatic heterocycles. The van der Waals surface area contributed by atoms with E-state index < -0.39 is 5.97 Å². The van der Waals surface area contributed by atoms with E-state index in [4.69, 9.17) is 14.5 Å². The number of ether oxygens (including phenoxy) is 2. The van der Waals surface area contributed by atoms with Crippen LogP contribution in [-0.2, 0) is 4.74 Å². The van der Waals surface area contributed by atoms with Crippen LogP contribution >= 0.6 is 11.3 Å². The third-order valence-corrected chi connectivity index (χ3v) is 5.72. The average Bonchev–Trinajstić information content (AvgIpc) is 3.19. The van der Waals surface area contributed by atoms with Crippen molar-refractivity contribution in [3.63, 3.8) is 0 Å². The Hall–Kier alpha value is -2.97. The van der Waals surface area contributed by atoms with E-state index in [-0.39, 0.29) is 5.91 Å². The van der Waals surface area contributed by atoms with Gasteiger partial charge in [-0.3, -0.25) is 9.69 Å². The van der Waals surface area contributed by atoms with E-state index in [1.807, 2.05) is 39.2 Å². The van der Waals surface area contributed by atoms with Gasteiger partial charge in [-0.2, -0.15) is 0 Å². The lowest BCUT2D eigenvalue weighted by Gasteiger charge is -2.21. The maximum absolute atomic E-state index is 13.4. The minimum atomic E-state index is -0.432. The van der Waals surface area contributed by atoms with Gasteiger partial charge in [-0.1, -0.05) is 11.3 Å². The highest BCUT2D eigenvalue weighted by atomic mass is 32.1. The number of thiazole rings is 1. The van der Waals surface area contributed by atoms with Crippen molar-refractivity contribution in [2.24, 2.45) is 0 Å². The third kappa shape index (κ3) is 5.59. The number of aromatic nitrogens is 1. The lowest BCUT2D eigenvalue weighted by molar-refractivity contribution is 0.0600. The van der Waals surface area contributed by atoms with Crippen molar-refractivity contribution in [2.45, 2.75) is 13.3 Å². The molecule has 1 amide bonds. The van der Waals surface area contributed by atoms with E-state index in [1.54, 1.807) is 29.2 Å². The summed E-state index contributed by atoms with van der Waals surface area (Å²) >= 11 is 1.47. The molecular formula is C23H27N3O4S. The molecule has 0 atom stereocenters. The average molecular weight is 442 g/mol. The number of carbonyl (C=O) groups excluding carboxylic acids is 2. The Morgan fingerprint density at radius 1 is 1.03 bits per heavy atom. The minimum absolute atomic E-state index is 0.153. The first-order chi connectivity index (χ1) is 14.9. The van der Waals surface area contributed by atoms with Crippen molar-refractivity contribution >= 4 is 38.6 Å². The molecule has 164 valence electrons. The van der Waals surface area contributed by atoms with E-state index in [1.165, 1.54) is 18.4 Å². The van der Waals surface area contributed by atoms with E-state index in [9.17, 15) is 9.59 Å². The molecule has 0 bridgehead atoms. The van der Waals surface area contributed by atoms with Crippen LogP contribution in [0.15, 0.2) is 42.5 Å².